The molecule has 41 heavy (non-hydrogen) atoms. The number of anilines is 1. The van der Waals surface area contributed by atoms with E-state index in [0.717, 1.165) is 29.7 Å². The van der Waals surface area contributed by atoms with Crippen LogP contribution in [0.15, 0.2) is 54.1 Å². The number of fused-ring (bicyclic) bond motifs is 1. The van der Waals surface area contributed by atoms with Gasteiger partial charge in [0.25, 0.3) is 5.91 Å². The van der Waals surface area contributed by atoms with E-state index < -0.39 is 36.6 Å². The number of nitrogens with zero attached hydrogens (tertiary/aromatic N) is 3. The number of hydrogen-bond donors (Lipinski definition) is 4. The molecule has 2 aliphatic rings. The number of piperidine rings is 1. The maximum absolute atomic E-state index is 13.1. The zero-order chi connectivity index (χ0) is 29.3. The number of carbonyl (C=O) groups excluding carboxylic acids is 1. The predicted molar refractivity (Wildman–Crippen MR) is 158 cm³/mol. The Hall–Kier alpha value is -3.68. The van der Waals surface area contributed by atoms with Gasteiger partial charge in [0.1, 0.15) is 29.9 Å². The molecular weight excluding hydrogens is 520 g/mol. The molecule has 0 aliphatic carbocycles. The van der Waals surface area contributed by atoms with Crippen LogP contribution in [0.5, 0.6) is 0 Å². The third-order valence-corrected chi connectivity index (χ3v) is 8.48. The molecule has 5 rings (SSSR count). The second-order valence-electron chi connectivity index (χ2n) is 11.0. The Balaban J connectivity index is 1.38. The third-order valence-electron chi connectivity index (χ3n) is 8.48. The average Bonchev–Trinajstić information content (AvgIpc) is 3.38. The molecule has 2 fully saturated rings. The molecule has 0 spiro atoms. The standard InChI is InChI=1S/C32H38N4O5/c1-4-27-29(37)30(38)28(32(40)41-27)34-31(39)24(18-33)19(2)25-12-13-26(35(25)3)22-9-8-21-17-23(11-10-20(21)16-22)36-14-6-5-7-15-36/h8-13,16-17,27-30,32,37-38,40H,4-7,14-15H2,1-3H3,(H,34,39)/b24-19+/t27-,28-,29-,30-,32?/m1/s1. The van der Waals surface area contributed by atoms with E-state index in [4.69, 9.17) is 4.74 Å². The van der Waals surface area contributed by atoms with Gasteiger partial charge in [-0.05, 0) is 84.8 Å². The minimum absolute atomic E-state index is 0.159. The number of aromatic nitrogens is 1. The summed E-state index contributed by atoms with van der Waals surface area (Å²) in [4.78, 5) is 15.6. The highest BCUT2D eigenvalue weighted by atomic mass is 16.6. The van der Waals surface area contributed by atoms with Crippen LogP contribution in [0.3, 0.4) is 0 Å². The zero-order valence-corrected chi connectivity index (χ0v) is 23.7. The fraction of sp³-hybridized carbons (Fsp3) is 0.438. The van der Waals surface area contributed by atoms with Gasteiger partial charge < -0.3 is 34.8 Å². The first kappa shape index (κ1) is 28.8. The van der Waals surface area contributed by atoms with Crippen LogP contribution in [0.4, 0.5) is 5.69 Å². The van der Waals surface area contributed by atoms with Gasteiger partial charge in [-0.1, -0.05) is 25.1 Å². The molecule has 2 aromatic carbocycles. The van der Waals surface area contributed by atoms with Crippen molar-refractivity contribution in [3.05, 3.63) is 59.8 Å². The Morgan fingerprint density at radius 3 is 2.44 bits per heavy atom. The average molecular weight is 559 g/mol. The minimum atomic E-state index is -1.52. The molecule has 1 amide bonds. The van der Waals surface area contributed by atoms with E-state index in [1.54, 1.807) is 13.8 Å². The first-order chi connectivity index (χ1) is 19.7. The number of aliphatic hydroxyl groups excluding tert-OH is 3. The van der Waals surface area contributed by atoms with E-state index >= 15 is 0 Å². The lowest BCUT2D eigenvalue weighted by molar-refractivity contribution is -0.247. The van der Waals surface area contributed by atoms with Crippen molar-refractivity contribution in [3.8, 4) is 17.3 Å². The van der Waals surface area contributed by atoms with Crippen molar-refractivity contribution in [2.45, 2.75) is 70.2 Å². The second kappa shape index (κ2) is 12.0. The summed E-state index contributed by atoms with van der Waals surface area (Å²) in [6, 6.07) is 17.5. The monoisotopic (exact) mass is 558 g/mol. The third kappa shape index (κ3) is 5.61. The molecule has 1 unspecified atom stereocenters. The smallest absolute Gasteiger partial charge is 0.262 e. The number of nitrogens with one attached hydrogen (secondary N) is 1. The zero-order valence-electron chi connectivity index (χ0n) is 23.7. The first-order valence-corrected chi connectivity index (χ1v) is 14.3. The van der Waals surface area contributed by atoms with E-state index in [1.165, 1.54) is 30.3 Å². The molecule has 4 N–H and O–H groups in total. The fourth-order valence-corrected chi connectivity index (χ4v) is 6.02. The fourth-order valence-electron chi connectivity index (χ4n) is 6.02. The van der Waals surface area contributed by atoms with Crippen LogP contribution in [-0.4, -0.2) is 69.5 Å². The van der Waals surface area contributed by atoms with E-state index in [2.05, 4.69) is 46.6 Å². The van der Waals surface area contributed by atoms with Gasteiger partial charge in [0.15, 0.2) is 6.29 Å². The normalized spacial score (nSPS) is 25.5. The van der Waals surface area contributed by atoms with Gasteiger partial charge >= 0.3 is 0 Å². The number of carbonyl (C=O) groups is 1. The molecule has 9 heteroatoms. The van der Waals surface area contributed by atoms with Crippen LogP contribution < -0.4 is 10.2 Å². The lowest BCUT2D eigenvalue weighted by Gasteiger charge is -2.40. The van der Waals surface area contributed by atoms with Gasteiger partial charge in [0, 0.05) is 37.2 Å². The Morgan fingerprint density at radius 1 is 1.02 bits per heavy atom. The predicted octanol–water partition coefficient (Wildman–Crippen LogP) is 3.47. The minimum Gasteiger partial charge on any atom is -0.388 e. The number of hydrogen-bond acceptors (Lipinski definition) is 7. The molecule has 3 heterocycles. The molecule has 3 aromatic rings. The molecule has 9 nitrogen and oxygen atoms in total. The highest BCUT2D eigenvalue weighted by molar-refractivity contribution is 6.04. The molecule has 0 radical (unpaired) electrons. The van der Waals surface area contributed by atoms with Gasteiger partial charge in [-0.25, -0.2) is 0 Å². The van der Waals surface area contributed by atoms with Gasteiger partial charge in [0.2, 0.25) is 0 Å². The molecule has 2 aliphatic heterocycles. The SMILES string of the molecule is CC[C@H]1OC(O)[C@H](NC(=O)/C(C#N)=C(\C)c2ccc(-c3ccc4cc(N5CCCCC5)ccc4c3)n2C)[C@@H](O)[C@@H]1O. The van der Waals surface area contributed by atoms with Crippen LogP contribution >= 0.6 is 0 Å². The summed E-state index contributed by atoms with van der Waals surface area (Å²) < 4.78 is 7.29. The molecule has 1 aromatic heterocycles. The highest BCUT2D eigenvalue weighted by Gasteiger charge is 2.44. The highest BCUT2D eigenvalue weighted by Crippen LogP contribution is 2.31. The molecule has 2 saturated heterocycles. The maximum Gasteiger partial charge on any atom is 0.262 e. The number of nitriles is 1. The van der Waals surface area contributed by atoms with E-state index in [0.29, 0.717) is 17.7 Å². The van der Waals surface area contributed by atoms with Crippen LogP contribution in [0.25, 0.3) is 27.6 Å². The van der Waals surface area contributed by atoms with Crippen molar-refractivity contribution in [1.82, 2.24) is 9.88 Å². The number of ether oxygens (including phenoxy) is 1. The van der Waals surface area contributed by atoms with Crippen LogP contribution in [0.1, 0.15) is 45.2 Å². The summed E-state index contributed by atoms with van der Waals surface area (Å²) in [5.74, 6) is -0.767. The Labute approximate surface area is 240 Å². The van der Waals surface area contributed by atoms with Gasteiger partial charge in [0.05, 0.1) is 6.10 Å². The van der Waals surface area contributed by atoms with Crippen molar-refractivity contribution in [1.29, 1.82) is 5.26 Å². The van der Waals surface area contributed by atoms with Crippen molar-refractivity contribution < 1.29 is 24.9 Å². The number of amides is 1. The molecule has 216 valence electrons. The Morgan fingerprint density at radius 2 is 1.73 bits per heavy atom. The molecular formula is C32H38N4O5. The van der Waals surface area contributed by atoms with Crippen molar-refractivity contribution in [2.24, 2.45) is 7.05 Å². The van der Waals surface area contributed by atoms with Crippen LogP contribution in [0.2, 0.25) is 0 Å². The van der Waals surface area contributed by atoms with Crippen LogP contribution in [-0.2, 0) is 16.6 Å². The molecule has 5 atom stereocenters. The van der Waals surface area contributed by atoms with Gasteiger partial charge in [-0.3, -0.25) is 4.79 Å². The summed E-state index contributed by atoms with van der Waals surface area (Å²) in [6.07, 6.45) is -0.856. The van der Waals surface area contributed by atoms with Crippen molar-refractivity contribution >= 4 is 27.9 Å². The molecule has 0 bridgehead atoms. The van der Waals surface area contributed by atoms with E-state index in [-0.39, 0.29) is 5.57 Å². The largest absolute Gasteiger partial charge is 0.388 e. The van der Waals surface area contributed by atoms with Crippen molar-refractivity contribution in [2.75, 3.05) is 18.0 Å². The molecule has 0 saturated carbocycles. The lowest BCUT2D eigenvalue weighted by Crippen LogP contribution is -2.63. The Kier molecular flexibility index (Phi) is 8.47. The van der Waals surface area contributed by atoms with E-state index in [9.17, 15) is 25.4 Å². The number of rotatable bonds is 6. The number of benzene rings is 2. The first-order valence-electron chi connectivity index (χ1n) is 14.3. The summed E-state index contributed by atoms with van der Waals surface area (Å²) in [7, 11) is 1.88. The van der Waals surface area contributed by atoms with Gasteiger partial charge in [-0.2, -0.15) is 5.26 Å². The second-order valence-corrected chi connectivity index (χ2v) is 11.0. The van der Waals surface area contributed by atoms with Gasteiger partial charge in [-0.15, -0.1) is 0 Å². The summed E-state index contributed by atoms with van der Waals surface area (Å²) >= 11 is 0. The van der Waals surface area contributed by atoms with Crippen LogP contribution in [0, 0.1) is 11.3 Å². The summed E-state index contributed by atoms with van der Waals surface area (Å²) in [5.41, 5.74) is 4.16. The lowest BCUT2D eigenvalue weighted by atomic mass is 9.95. The number of aliphatic hydroxyl groups is 3. The number of allylic oxidation sites excluding steroid dienone is 1. The summed E-state index contributed by atoms with van der Waals surface area (Å²) in [5, 5.41) is 45.8. The van der Waals surface area contributed by atoms with Crippen molar-refractivity contribution in [3.63, 3.8) is 0 Å². The Bertz CT molecular complexity index is 1500. The quantitative estimate of drug-likeness (QED) is 0.269. The maximum atomic E-state index is 13.1. The topological polar surface area (TPSA) is 131 Å². The van der Waals surface area contributed by atoms with E-state index in [1.807, 2.05) is 29.8 Å². The summed E-state index contributed by atoms with van der Waals surface area (Å²) in [6.45, 7) is 5.64.